The van der Waals surface area contributed by atoms with Gasteiger partial charge in [-0.2, -0.15) is 0 Å². The van der Waals surface area contributed by atoms with Crippen LogP contribution in [0.15, 0.2) is 0 Å². The lowest BCUT2D eigenvalue weighted by Gasteiger charge is -2.16. The minimum Gasteiger partial charge on any atom is -0.342 e. The van der Waals surface area contributed by atoms with E-state index in [9.17, 15) is 4.79 Å². The number of rotatable bonds is 4. The van der Waals surface area contributed by atoms with E-state index in [0.29, 0.717) is 18.6 Å². The number of carbonyl (C=O) groups excluding carboxylic acids is 1. The van der Waals surface area contributed by atoms with Crippen LogP contribution >= 0.6 is 0 Å². The minimum absolute atomic E-state index is 0.254. The quantitative estimate of drug-likeness (QED) is 0.657. The Balaban J connectivity index is 1.67. The van der Waals surface area contributed by atoms with Crippen LogP contribution in [0.3, 0.4) is 0 Å². The monoisotopic (exact) mass is 168 g/mol. The van der Waals surface area contributed by atoms with Crippen molar-refractivity contribution in [3.8, 4) is 0 Å². The van der Waals surface area contributed by atoms with Crippen molar-refractivity contribution in [1.82, 2.24) is 10.2 Å². The average Bonchev–Trinajstić information content (AvgIpc) is 2.85. The molecule has 0 aliphatic heterocycles. The lowest BCUT2D eigenvalue weighted by molar-refractivity contribution is -0.129. The van der Waals surface area contributed by atoms with Crippen LogP contribution in [0.1, 0.15) is 25.7 Å². The van der Waals surface area contributed by atoms with Crippen LogP contribution in [0, 0.1) is 0 Å². The van der Waals surface area contributed by atoms with Gasteiger partial charge in [0.05, 0.1) is 6.54 Å². The molecule has 3 nitrogen and oxygen atoms in total. The van der Waals surface area contributed by atoms with Crippen LogP contribution in [0.25, 0.3) is 0 Å². The first kappa shape index (κ1) is 8.05. The third-order valence-electron chi connectivity index (χ3n) is 2.61. The summed E-state index contributed by atoms with van der Waals surface area (Å²) in [7, 11) is 1.91. The summed E-state index contributed by atoms with van der Waals surface area (Å²) in [6.45, 7) is 0.539. The highest BCUT2D eigenvalue weighted by Gasteiger charge is 2.30. The van der Waals surface area contributed by atoms with Gasteiger partial charge >= 0.3 is 0 Å². The summed E-state index contributed by atoms with van der Waals surface area (Å²) in [6, 6.07) is 1.19. The first-order chi connectivity index (χ1) is 5.77. The zero-order valence-corrected chi connectivity index (χ0v) is 7.55. The van der Waals surface area contributed by atoms with Gasteiger partial charge in [-0.3, -0.25) is 4.79 Å². The van der Waals surface area contributed by atoms with Crippen molar-refractivity contribution in [3.63, 3.8) is 0 Å². The Morgan fingerprint density at radius 1 is 1.42 bits per heavy atom. The molecule has 0 spiro atoms. The van der Waals surface area contributed by atoms with E-state index in [0.717, 1.165) is 0 Å². The van der Waals surface area contributed by atoms with E-state index in [-0.39, 0.29) is 5.91 Å². The summed E-state index contributed by atoms with van der Waals surface area (Å²) in [6.07, 6.45) is 4.90. The smallest absolute Gasteiger partial charge is 0.236 e. The van der Waals surface area contributed by atoms with Gasteiger partial charge < -0.3 is 10.2 Å². The number of hydrogen-bond acceptors (Lipinski definition) is 2. The molecule has 2 fully saturated rings. The van der Waals surface area contributed by atoms with E-state index >= 15 is 0 Å². The summed E-state index contributed by atoms with van der Waals surface area (Å²) >= 11 is 0. The Kier molecular flexibility index (Phi) is 2.05. The summed E-state index contributed by atoms with van der Waals surface area (Å²) in [5.41, 5.74) is 0. The number of amides is 1. The molecular formula is C9H16N2O. The zero-order valence-electron chi connectivity index (χ0n) is 7.55. The van der Waals surface area contributed by atoms with Gasteiger partial charge in [0, 0.05) is 19.1 Å². The molecule has 1 amide bonds. The molecule has 3 heteroatoms. The maximum atomic E-state index is 11.4. The Hall–Kier alpha value is -0.570. The van der Waals surface area contributed by atoms with Gasteiger partial charge in [-0.05, 0) is 25.7 Å². The molecule has 0 aromatic rings. The molecule has 2 aliphatic carbocycles. The predicted octanol–water partition coefficient (Wildman–Crippen LogP) is 0.359. The standard InChI is InChI=1S/C9H16N2O/c1-11(8-4-5-8)9(12)6-10-7-2-3-7/h7-8,10H,2-6H2,1H3. The van der Waals surface area contributed by atoms with Gasteiger partial charge in [-0.25, -0.2) is 0 Å². The van der Waals surface area contributed by atoms with Crippen LogP contribution in [0.2, 0.25) is 0 Å². The van der Waals surface area contributed by atoms with Gasteiger partial charge in [0.15, 0.2) is 0 Å². The van der Waals surface area contributed by atoms with E-state index < -0.39 is 0 Å². The summed E-state index contributed by atoms with van der Waals surface area (Å²) in [5.74, 6) is 0.254. The van der Waals surface area contributed by atoms with Gasteiger partial charge in [-0.15, -0.1) is 0 Å². The van der Waals surface area contributed by atoms with E-state index in [1.807, 2.05) is 11.9 Å². The highest BCUT2D eigenvalue weighted by molar-refractivity contribution is 5.78. The molecule has 1 N–H and O–H groups in total. The maximum Gasteiger partial charge on any atom is 0.236 e. The third-order valence-corrected chi connectivity index (χ3v) is 2.61. The molecule has 0 unspecified atom stereocenters. The highest BCUT2D eigenvalue weighted by Crippen LogP contribution is 2.25. The van der Waals surface area contributed by atoms with Gasteiger partial charge in [0.25, 0.3) is 0 Å². The van der Waals surface area contributed by atoms with Crippen molar-refractivity contribution in [2.24, 2.45) is 0 Å². The molecule has 12 heavy (non-hydrogen) atoms. The molecule has 2 aliphatic rings. The predicted molar refractivity (Wildman–Crippen MR) is 46.8 cm³/mol. The number of likely N-dealkylation sites (N-methyl/N-ethyl adjacent to an activating group) is 1. The van der Waals surface area contributed by atoms with Gasteiger partial charge in [0.1, 0.15) is 0 Å². The van der Waals surface area contributed by atoms with Crippen LogP contribution in [-0.2, 0) is 4.79 Å². The van der Waals surface area contributed by atoms with E-state index in [4.69, 9.17) is 0 Å². The van der Waals surface area contributed by atoms with Crippen LogP contribution in [-0.4, -0.2) is 36.5 Å². The van der Waals surface area contributed by atoms with Crippen LogP contribution in [0.4, 0.5) is 0 Å². The van der Waals surface area contributed by atoms with Crippen molar-refractivity contribution in [2.45, 2.75) is 37.8 Å². The molecule has 0 saturated heterocycles. The van der Waals surface area contributed by atoms with E-state index in [1.165, 1.54) is 25.7 Å². The maximum absolute atomic E-state index is 11.4. The summed E-state index contributed by atoms with van der Waals surface area (Å²) in [5, 5.41) is 3.23. The van der Waals surface area contributed by atoms with Crippen molar-refractivity contribution in [3.05, 3.63) is 0 Å². The molecule has 2 saturated carbocycles. The molecular weight excluding hydrogens is 152 g/mol. The fourth-order valence-corrected chi connectivity index (χ4v) is 1.31. The number of carbonyl (C=O) groups is 1. The summed E-state index contributed by atoms with van der Waals surface area (Å²) in [4.78, 5) is 13.3. The molecule has 0 aromatic carbocycles. The molecule has 0 atom stereocenters. The molecule has 0 radical (unpaired) electrons. The fourth-order valence-electron chi connectivity index (χ4n) is 1.31. The zero-order chi connectivity index (χ0) is 8.55. The second-order valence-corrected chi connectivity index (χ2v) is 3.89. The van der Waals surface area contributed by atoms with Crippen molar-refractivity contribution < 1.29 is 4.79 Å². The molecule has 0 aromatic heterocycles. The van der Waals surface area contributed by atoms with Crippen molar-refractivity contribution in [1.29, 1.82) is 0 Å². The number of nitrogens with zero attached hydrogens (tertiary/aromatic N) is 1. The van der Waals surface area contributed by atoms with Crippen LogP contribution in [0.5, 0.6) is 0 Å². The Bertz CT molecular complexity index is 185. The Morgan fingerprint density at radius 2 is 2.08 bits per heavy atom. The van der Waals surface area contributed by atoms with Crippen molar-refractivity contribution >= 4 is 5.91 Å². The van der Waals surface area contributed by atoms with E-state index in [1.54, 1.807) is 0 Å². The second kappa shape index (κ2) is 3.05. The SMILES string of the molecule is CN(C(=O)CNC1CC1)C1CC1. The number of hydrogen-bond donors (Lipinski definition) is 1. The topological polar surface area (TPSA) is 32.3 Å². The molecule has 68 valence electrons. The first-order valence-electron chi connectivity index (χ1n) is 4.76. The summed E-state index contributed by atoms with van der Waals surface area (Å²) < 4.78 is 0. The highest BCUT2D eigenvalue weighted by atomic mass is 16.2. The Morgan fingerprint density at radius 3 is 2.58 bits per heavy atom. The molecule has 0 bridgehead atoms. The normalized spacial score (nSPS) is 22.4. The first-order valence-corrected chi connectivity index (χ1v) is 4.76. The molecule has 0 heterocycles. The number of nitrogens with one attached hydrogen (secondary N) is 1. The minimum atomic E-state index is 0.254. The largest absolute Gasteiger partial charge is 0.342 e. The fraction of sp³-hybridized carbons (Fsp3) is 0.889. The van der Waals surface area contributed by atoms with Crippen molar-refractivity contribution in [2.75, 3.05) is 13.6 Å². The van der Waals surface area contributed by atoms with Crippen LogP contribution < -0.4 is 5.32 Å². The Labute approximate surface area is 73.1 Å². The lowest BCUT2D eigenvalue weighted by Crippen LogP contribution is -2.37. The average molecular weight is 168 g/mol. The lowest BCUT2D eigenvalue weighted by atomic mass is 10.4. The van der Waals surface area contributed by atoms with Gasteiger partial charge in [0.2, 0.25) is 5.91 Å². The van der Waals surface area contributed by atoms with Gasteiger partial charge in [-0.1, -0.05) is 0 Å². The van der Waals surface area contributed by atoms with E-state index in [2.05, 4.69) is 5.32 Å². The second-order valence-electron chi connectivity index (χ2n) is 3.89. The molecule has 2 rings (SSSR count). The third kappa shape index (κ3) is 1.97.